The van der Waals surface area contributed by atoms with E-state index in [1.165, 1.54) is 6.42 Å². The smallest absolute Gasteiger partial charge is 0.228 e. The molecule has 3 rings (SSSR count). The summed E-state index contributed by atoms with van der Waals surface area (Å²) in [5.41, 5.74) is 6.10. The number of likely N-dealkylation sites (tertiary alicyclic amines) is 1. The summed E-state index contributed by atoms with van der Waals surface area (Å²) in [5, 5.41) is 0. The summed E-state index contributed by atoms with van der Waals surface area (Å²) < 4.78 is 5.41. The zero-order chi connectivity index (χ0) is 11.8. The van der Waals surface area contributed by atoms with Crippen LogP contribution in [0.1, 0.15) is 25.7 Å². The van der Waals surface area contributed by atoms with E-state index in [9.17, 15) is 4.79 Å². The summed E-state index contributed by atoms with van der Waals surface area (Å²) >= 11 is 0. The standard InChI is InChI=1S/C13H22N2O2/c14-12-4-3-9-6-15(7-11(9)12)13(16)10-2-1-5-17-8-10/h9-12H,1-8,14H2. The highest BCUT2D eigenvalue weighted by molar-refractivity contribution is 5.79. The molecular formula is C13H22N2O2. The molecule has 4 unspecified atom stereocenters. The third kappa shape index (κ3) is 2.08. The molecule has 0 aromatic rings. The molecular weight excluding hydrogens is 216 g/mol. The average Bonchev–Trinajstić information content (AvgIpc) is 2.92. The molecule has 2 N–H and O–H groups in total. The van der Waals surface area contributed by atoms with Crippen molar-refractivity contribution in [3.8, 4) is 0 Å². The van der Waals surface area contributed by atoms with E-state index in [1.54, 1.807) is 0 Å². The third-order valence-corrected chi connectivity index (χ3v) is 4.73. The lowest BCUT2D eigenvalue weighted by molar-refractivity contribution is -0.138. The number of hydrogen-bond acceptors (Lipinski definition) is 3. The Kier molecular flexibility index (Phi) is 3.09. The van der Waals surface area contributed by atoms with Gasteiger partial charge in [-0.2, -0.15) is 0 Å². The number of nitrogens with zero attached hydrogens (tertiary/aromatic N) is 1. The largest absolute Gasteiger partial charge is 0.381 e. The van der Waals surface area contributed by atoms with Crippen LogP contribution in [0.25, 0.3) is 0 Å². The topological polar surface area (TPSA) is 55.6 Å². The third-order valence-electron chi connectivity index (χ3n) is 4.73. The van der Waals surface area contributed by atoms with E-state index >= 15 is 0 Å². The summed E-state index contributed by atoms with van der Waals surface area (Å²) in [7, 11) is 0. The molecule has 1 saturated carbocycles. The molecule has 1 aliphatic carbocycles. The average molecular weight is 238 g/mol. The quantitative estimate of drug-likeness (QED) is 0.728. The fourth-order valence-electron chi connectivity index (χ4n) is 3.68. The molecule has 0 spiro atoms. The number of nitrogens with two attached hydrogens (primary N) is 1. The molecule has 3 aliphatic rings. The maximum atomic E-state index is 12.3. The van der Waals surface area contributed by atoms with Crippen molar-refractivity contribution in [3.05, 3.63) is 0 Å². The van der Waals surface area contributed by atoms with Crippen LogP contribution in [-0.2, 0) is 9.53 Å². The Morgan fingerprint density at radius 2 is 2.12 bits per heavy atom. The van der Waals surface area contributed by atoms with Gasteiger partial charge in [0.1, 0.15) is 0 Å². The Hall–Kier alpha value is -0.610. The molecule has 0 aromatic carbocycles. The van der Waals surface area contributed by atoms with Crippen LogP contribution in [0.15, 0.2) is 0 Å². The highest BCUT2D eigenvalue weighted by Crippen LogP contribution is 2.37. The van der Waals surface area contributed by atoms with Crippen LogP contribution < -0.4 is 5.73 Å². The molecule has 0 bridgehead atoms. The van der Waals surface area contributed by atoms with Gasteiger partial charge in [-0.15, -0.1) is 0 Å². The lowest BCUT2D eigenvalue weighted by Gasteiger charge is -2.27. The van der Waals surface area contributed by atoms with Crippen molar-refractivity contribution in [1.82, 2.24) is 4.90 Å². The summed E-state index contributed by atoms with van der Waals surface area (Å²) in [5.74, 6) is 1.65. The first-order chi connectivity index (χ1) is 8.25. The van der Waals surface area contributed by atoms with E-state index < -0.39 is 0 Å². The van der Waals surface area contributed by atoms with E-state index in [0.29, 0.717) is 30.4 Å². The number of hydrogen-bond donors (Lipinski definition) is 1. The Labute approximate surface area is 102 Å². The van der Waals surface area contributed by atoms with Gasteiger partial charge >= 0.3 is 0 Å². The van der Waals surface area contributed by atoms with Crippen molar-refractivity contribution in [2.45, 2.75) is 31.7 Å². The van der Waals surface area contributed by atoms with Crippen LogP contribution in [-0.4, -0.2) is 43.2 Å². The van der Waals surface area contributed by atoms with Crippen molar-refractivity contribution < 1.29 is 9.53 Å². The molecule has 3 fully saturated rings. The molecule has 0 aromatic heterocycles. The maximum Gasteiger partial charge on any atom is 0.228 e. The fraction of sp³-hybridized carbons (Fsp3) is 0.923. The van der Waals surface area contributed by atoms with Crippen molar-refractivity contribution in [3.63, 3.8) is 0 Å². The minimum atomic E-state index is 0.110. The van der Waals surface area contributed by atoms with Crippen LogP contribution in [0.2, 0.25) is 0 Å². The fourth-order valence-corrected chi connectivity index (χ4v) is 3.68. The summed E-state index contributed by atoms with van der Waals surface area (Å²) in [6, 6.07) is 0.320. The van der Waals surface area contributed by atoms with Crippen LogP contribution >= 0.6 is 0 Å². The molecule has 4 nitrogen and oxygen atoms in total. The zero-order valence-corrected chi connectivity index (χ0v) is 10.3. The predicted molar refractivity (Wildman–Crippen MR) is 64.3 cm³/mol. The monoisotopic (exact) mass is 238 g/mol. The van der Waals surface area contributed by atoms with Gasteiger partial charge in [0.05, 0.1) is 12.5 Å². The molecule has 4 heteroatoms. The second kappa shape index (κ2) is 4.58. The minimum Gasteiger partial charge on any atom is -0.381 e. The van der Waals surface area contributed by atoms with E-state index in [-0.39, 0.29) is 5.92 Å². The molecule has 1 amide bonds. The van der Waals surface area contributed by atoms with Gasteiger partial charge in [0.25, 0.3) is 0 Å². The van der Waals surface area contributed by atoms with Crippen LogP contribution in [0, 0.1) is 17.8 Å². The lowest BCUT2D eigenvalue weighted by Crippen LogP contribution is -2.39. The van der Waals surface area contributed by atoms with Gasteiger partial charge < -0.3 is 15.4 Å². The summed E-state index contributed by atoms with van der Waals surface area (Å²) in [6.07, 6.45) is 4.37. The van der Waals surface area contributed by atoms with Gasteiger partial charge in [0, 0.05) is 25.7 Å². The van der Waals surface area contributed by atoms with Crippen LogP contribution in [0.4, 0.5) is 0 Å². The zero-order valence-electron chi connectivity index (χ0n) is 10.3. The van der Waals surface area contributed by atoms with Crippen molar-refractivity contribution in [1.29, 1.82) is 0 Å². The Morgan fingerprint density at radius 1 is 1.24 bits per heavy atom. The minimum absolute atomic E-state index is 0.110. The number of carbonyl (C=O) groups excluding carboxylic acids is 1. The maximum absolute atomic E-state index is 12.3. The van der Waals surface area contributed by atoms with E-state index in [1.807, 2.05) is 4.90 Å². The lowest BCUT2D eigenvalue weighted by atomic mass is 9.98. The second-order valence-electron chi connectivity index (χ2n) is 5.82. The molecule has 2 aliphatic heterocycles. The van der Waals surface area contributed by atoms with Gasteiger partial charge in [-0.3, -0.25) is 4.79 Å². The van der Waals surface area contributed by atoms with Gasteiger partial charge in [-0.1, -0.05) is 0 Å². The number of amides is 1. The van der Waals surface area contributed by atoms with Gasteiger partial charge in [-0.05, 0) is 37.5 Å². The number of carbonyl (C=O) groups is 1. The number of ether oxygens (including phenoxy) is 1. The Bertz CT molecular complexity index is 302. The van der Waals surface area contributed by atoms with E-state index in [4.69, 9.17) is 10.5 Å². The highest BCUT2D eigenvalue weighted by atomic mass is 16.5. The summed E-state index contributed by atoms with van der Waals surface area (Å²) in [6.45, 7) is 3.27. The SMILES string of the molecule is NC1CCC2CN(C(=O)C3CCCOC3)CC12. The molecule has 96 valence electrons. The Balaban J connectivity index is 1.60. The van der Waals surface area contributed by atoms with Crippen molar-refractivity contribution in [2.24, 2.45) is 23.5 Å². The molecule has 17 heavy (non-hydrogen) atoms. The molecule has 2 heterocycles. The molecule has 2 saturated heterocycles. The number of fused-ring (bicyclic) bond motifs is 1. The van der Waals surface area contributed by atoms with E-state index in [0.717, 1.165) is 39.0 Å². The van der Waals surface area contributed by atoms with Crippen molar-refractivity contribution in [2.75, 3.05) is 26.3 Å². The summed E-state index contributed by atoms with van der Waals surface area (Å²) in [4.78, 5) is 14.4. The molecule has 0 radical (unpaired) electrons. The van der Waals surface area contributed by atoms with E-state index in [2.05, 4.69) is 0 Å². The van der Waals surface area contributed by atoms with Crippen LogP contribution in [0.3, 0.4) is 0 Å². The van der Waals surface area contributed by atoms with Crippen molar-refractivity contribution >= 4 is 5.91 Å². The predicted octanol–water partition coefficient (Wildman–Crippen LogP) is 0.609. The highest BCUT2D eigenvalue weighted by Gasteiger charge is 2.43. The van der Waals surface area contributed by atoms with Gasteiger partial charge in [-0.25, -0.2) is 0 Å². The second-order valence-corrected chi connectivity index (χ2v) is 5.82. The first-order valence-corrected chi connectivity index (χ1v) is 6.88. The normalized spacial score (nSPS) is 41.6. The number of rotatable bonds is 1. The van der Waals surface area contributed by atoms with Gasteiger partial charge in [0.15, 0.2) is 0 Å². The Morgan fingerprint density at radius 3 is 2.82 bits per heavy atom. The first kappa shape index (κ1) is 11.5. The first-order valence-electron chi connectivity index (χ1n) is 6.88. The molecule has 4 atom stereocenters. The van der Waals surface area contributed by atoms with Gasteiger partial charge in [0.2, 0.25) is 5.91 Å². The van der Waals surface area contributed by atoms with Crippen LogP contribution in [0.5, 0.6) is 0 Å².